The molecule has 1 aromatic carbocycles. The number of hydrogen-bond donors (Lipinski definition) is 0. The van der Waals surface area contributed by atoms with Crippen molar-refractivity contribution in [2.45, 2.75) is 51.9 Å². The highest BCUT2D eigenvalue weighted by Crippen LogP contribution is 2.41. The summed E-state index contributed by atoms with van der Waals surface area (Å²) in [5, 5.41) is 1.81. The van der Waals surface area contributed by atoms with E-state index in [0.29, 0.717) is 0 Å². The molecule has 0 fully saturated rings. The lowest BCUT2D eigenvalue weighted by Gasteiger charge is -2.10. The topological polar surface area (TPSA) is 9.23 Å². The number of ether oxygens (including phenoxy) is 1. The van der Waals surface area contributed by atoms with E-state index in [1.807, 2.05) is 6.07 Å². The zero-order valence-corrected chi connectivity index (χ0v) is 14.9. The molecule has 2 heteroatoms. The van der Waals surface area contributed by atoms with Gasteiger partial charge < -0.3 is 4.74 Å². The second-order valence-corrected chi connectivity index (χ2v) is 12.1. The molecule has 1 aromatic rings. The summed E-state index contributed by atoms with van der Waals surface area (Å²) in [5.74, 6) is 0. The maximum atomic E-state index is 5.86. The summed E-state index contributed by atoms with van der Waals surface area (Å²) in [4.78, 5) is 0. The molecule has 0 spiro atoms. The van der Waals surface area contributed by atoms with Crippen LogP contribution in [0.1, 0.15) is 31.7 Å². The molecule has 1 nitrogen and oxygen atoms in total. The van der Waals surface area contributed by atoms with Gasteiger partial charge in [-0.3, -0.25) is 0 Å². The Bertz CT molecular complexity index is 508. The maximum Gasteiger partial charge on any atom is 0.0730 e. The van der Waals surface area contributed by atoms with Gasteiger partial charge in [0.25, 0.3) is 0 Å². The van der Waals surface area contributed by atoms with E-state index < -0.39 is 8.07 Å². The van der Waals surface area contributed by atoms with Crippen LogP contribution < -0.4 is 0 Å². The van der Waals surface area contributed by atoms with Crippen LogP contribution in [0.3, 0.4) is 0 Å². The minimum absolute atomic E-state index is 0.190. The van der Waals surface area contributed by atoms with Gasteiger partial charge in [0, 0.05) is 6.61 Å². The SMILES string of the molecule is CC(/C=C/c1ccccc1)OCCCC1=C([Si](C)(C)C)C1. The van der Waals surface area contributed by atoms with Crippen LogP contribution >= 0.6 is 0 Å². The number of allylic oxidation sites excluding steroid dienone is 2. The zero-order valence-electron chi connectivity index (χ0n) is 13.9. The summed E-state index contributed by atoms with van der Waals surface area (Å²) >= 11 is 0. The van der Waals surface area contributed by atoms with Gasteiger partial charge in [-0.25, -0.2) is 0 Å². The highest BCUT2D eigenvalue weighted by atomic mass is 28.3. The molecular formula is C19H28OSi. The largest absolute Gasteiger partial charge is 0.374 e. The number of rotatable bonds is 8. The zero-order chi connectivity index (χ0) is 15.3. The molecular weight excluding hydrogens is 272 g/mol. The first kappa shape index (κ1) is 16.3. The summed E-state index contributed by atoms with van der Waals surface area (Å²) in [6.45, 7) is 10.3. The molecule has 0 amide bonds. The summed E-state index contributed by atoms with van der Waals surface area (Å²) < 4.78 is 5.86. The van der Waals surface area contributed by atoms with E-state index in [-0.39, 0.29) is 6.10 Å². The maximum absolute atomic E-state index is 5.86. The number of benzene rings is 1. The Morgan fingerprint density at radius 3 is 2.52 bits per heavy atom. The van der Waals surface area contributed by atoms with Gasteiger partial charge in [-0.1, -0.05) is 72.9 Å². The predicted octanol–water partition coefficient (Wildman–Crippen LogP) is 5.46. The third-order valence-electron chi connectivity index (χ3n) is 3.96. The fourth-order valence-electron chi connectivity index (χ4n) is 2.63. The first-order chi connectivity index (χ1) is 9.97. The average molecular weight is 301 g/mol. The molecule has 0 heterocycles. The molecule has 0 N–H and O–H groups in total. The minimum Gasteiger partial charge on any atom is -0.374 e. The average Bonchev–Trinajstić information content (AvgIpc) is 3.22. The molecule has 1 unspecified atom stereocenters. The molecule has 0 saturated heterocycles. The Labute approximate surface area is 130 Å². The molecule has 1 aliphatic carbocycles. The van der Waals surface area contributed by atoms with E-state index in [9.17, 15) is 0 Å². The number of hydrogen-bond acceptors (Lipinski definition) is 1. The monoisotopic (exact) mass is 300 g/mol. The lowest BCUT2D eigenvalue weighted by atomic mass is 10.2. The van der Waals surface area contributed by atoms with Crippen molar-refractivity contribution in [3.05, 3.63) is 52.7 Å². The predicted molar refractivity (Wildman–Crippen MR) is 95.1 cm³/mol. The molecule has 1 aliphatic rings. The van der Waals surface area contributed by atoms with Crippen molar-refractivity contribution in [1.29, 1.82) is 0 Å². The van der Waals surface area contributed by atoms with Gasteiger partial charge in [0.15, 0.2) is 0 Å². The highest BCUT2D eigenvalue weighted by molar-refractivity contribution is 6.84. The molecule has 2 rings (SSSR count). The molecule has 0 aliphatic heterocycles. The van der Waals surface area contributed by atoms with Gasteiger partial charge >= 0.3 is 0 Å². The normalized spacial score (nSPS) is 16.6. The van der Waals surface area contributed by atoms with E-state index in [0.717, 1.165) is 13.0 Å². The van der Waals surface area contributed by atoms with Gasteiger partial charge in [-0.05, 0) is 31.7 Å². The molecule has 0 saturated carbocycles. The second-order valence-electron chi connectivity index (χ2n) is 6.96. The molecule has 0 radical (unpaired) electrons. The van der Waals surface area contributed by atoms with Gasteiger partial charge in [0.1, 0.15) is 0 Å². The Kier molecular flexibility index (Phi) is 5.60. The Morgan fingerprint density at radius 1 is 1.19 bits per heavy atom. The standard InChI is InChI=1S/C19H28OSi/c1-16(12-13-17-9-6-5-7-10-17)20-14-8-11-18-15-19(18)21(2,3)4/h5-7,9-10,12-13,16H,8,11,14-15H2,1-4H3/b13-12+. The second kappa shape index (κ2) is 7.23. The van der Waals surface area contributed by atoms with E-state index in [2.05, 4.69) is 63.0 Å². The van der Waals surface area contributed by atoms with Crippen LogP contribution in [-0.4, -0.2) is 20.8 Å². The van der Waals surface area contributed by atoms with Crippen LogP contribution in [0.2, 0.25) is 19.6 Å². The third kappa shape index (κ3) is 5.64. The van der Waals surface area contributed by atoms with E-state index in [1.165, 1.54) is 18.4 Å². The Morgan fingerprint density at radius 2 is 1.90 bits per heavy atom. The van der Waals surface area contributed by atoms with E-state index in [1.54, 1.807) is 10.8 Å². The van der Waals surface area contributed by atoms with Crippen LogP contribution in [0.5, 0.6) is 0 Å². The third-order valence-corrected chi connectivity index (χ3v) is 6.30. The minimum atomic E-state index is -0.991. The lowest BCUT2D eigenvalue weighted by molar-refractivity contribution is 0.0962. The van der Waals surface area contributed by atoms with Gasteiger partial charge in [-0.2, -0.15) is 0 Å². The molecule has 1 atom stereocenters. The first-order valence-electron chi connectivity index (χ1n) is 8.03. The molecule has 21 heavy (non-hydrogen) atoms. The molecule has 114 valence electrons. The van der Waals surface area contributed by atoms with E-state index in [4.69, 9.17) is 4.74 Å². The van der Waals surface area contributed by atoms with Crippen molar-refractivity contribution in [1.82, 2.24) is 0 Å². The van der Waals surface area contributed by atoms with Crippen LogP contribution in [0, 0.1) is 0 Å². The Balaban J connectivity index is 1.63. The van der Waals surface area contributed by atoms with E-state index >= 15 is 0 Å². The quantitative estimate of drug-likeness (QED) is 0.457. The van der Waals surface area contributed by atoms with Crippen molar-refractivity contribution >= 4 is 14.1 Å². The summed E-state index contributed by atoms with van der Waals surface area (Å²) in [5.41, 5.74) is 2.96. The lowest BCUT2D eigenvalue weighted by Crippen LogP contribution is -2.18. The van der Waals surface area contributed by atoms with Crippen molar-refractivity contribution in [2.24, 2.45) is 0 Å². The smallest absolute Gasteiger partial charge is 0.0730 e. The van der Waals surface area contributed by atoms with Crippen molar-refractivity contribution < 1.29 is 4.74 Å². The van der Waals surface area contributed by atoms with Crippen molar-refractivity contribution in [3.63, 3.8) is 0 Å². The van der Waals surface area contributed by atoms with Gasteiger partial charge in [0.2, 0.25) is 0 Å². The highest BCUT2D eigenvalue weighted by Gasteiger charge is 2.32. The van der Waals surface area contributed by atoms with Crippen LogP contribution in [0.4, 0.5) is 0 Å². The molecule has 0 aromatic heterocycles. The van der Waals surface area contributed by atoms with Gasteiger partial charge in [-0.15, -0.1) is 0 Å². The summed E-state index contributed by atoms with van der Waals surface area (Å²) in [6.07, 6.45) is 8.19. The summed E-state index contributed by atoms with van der Waals surface area (Å²) in [6, 6.07) is 10.4. The fourth-order valence-corrected chi connectivity index (χ4v) is 4.55. The van der Waals surface area contributed by atoms with Gasteiger partial charge in [0.05, 0.1) is 14.2 Å². The van der Waals surface area contributed by atoms with Crippen LogP contribution in [-0.2, 0) is 4.74 Å². The van der Waals surface area contributed by atoms with Crippen LogP contribution in [0.15, 0.2) is 47.2 Å². The Hall–Kier alpha value is -1.12. The van der Waals surface area contributed by atoms with Crippen molar-refractivity contribution in [3.8, 4) is 0 Å². The molecule has 0 bridgehead atoms. The summed E-state index contributed by atoms with van der Waals surface area (Å²) in [7, 11) is -0.991. The van der Waals surface area contributed by atoms with Crippen LogP contribution in [0.25, 0.3) is 6.08 Å². The van der Waals surface area contributed by atoms with Crippen molar-refractivity contribution in [2.75, 3.05) is 6.61 Å². The fraction of sp³-hybridized carbons (Fsp3) is 0.474. The first-order valence-corrected chi connectivity index (χ1v) is 11.5.